The predicted octanol–water partition coefficient (Wildman–Crippen LogP) is 3.46. The normalized spacial score (nSPS) is 14.2. The molecule has 1 aliphatic rings. The van der Waals surface area contributed by atoms with Gasteiger partial charge in [-0.1, -0.05) is 23.7 Å². The third kappa shape index (κ3) is 4.29. The van der Waals surface area contributed by atoms with Crippen LogP contribution in [0.4, 0.5) is 5.69 Å². The lowest BCUT2D eigenvalue weighted by molar-refractivity contribution is 0.0781. The molecule has 0 spiro atoms. The molecule has 1 amide bonds. The zero-order chi connectivity index (χ0) is 18.5. The number of hydrogen-bond donors (Lipinski definition) is 0. The Kier molecular flexibility index (Phi) is 6.01. The fraction of sp³-hybridized carbons (Fsp3) is 0.350. The van der Waals surface area contributed by atoms with Crippen LogP contribution in [0.2, 0.25) is 5.02 Å². The molecule has 0 saturated carbocycles. The number of ether oxygens (including phenoxy) is 2. The Morgan fingerprint density at radius 3 is 2.54 bits per heavy atom. The van der Waals surface area contributed by atoms with Gasteiger partial charge in [0.25, 0.3) is 5.91 Å². The average molecular weight is 375 g/mol. The molecule has 0 aliphatic carbocycles. The summed E-state index contributed by atoms with van der Waals surface area (Å²) in [6, 6.07) is 13.4. The lowest BCUT2D eigenvalue weighted by atomic mass is 10.1. The molecule has 0 atom stereocenters. The Morgan fingerprint density at radius 2 is 1.88 bits per heavy atom. The molecular formula is C20H23ClN2O3. The van der Waals surface area contributed by atoms with Crippen LogP contribution in [0.1, 0.15) is 15.9 Å². The Balaban J connectivity index is 1.68. The van der Waals surface area contributed by atoms with Crippen molar-refractivity contribution in [3.8, 4) is 5.75 Å². The second kappa shape index (κ2) is 8.43. The lowest BCUT2D eigenvalue weighted by Gasteiger charge is -2.29. The van der Waals surface area contributed by atoms with Gasteiger partial charge in [0, 0.05) is 37.4 Å². The number of halogens is 1. The first kappa shape index (κ1) is 18.5. The molecule has 0 radical (unpaired) electrons. The van der Waals surface area contributed by atoms with E-state index < -0.39 is 0 Å². The molecule has 0 aromatic heterocycles. The number of hydrogen-bond acceptors (Lipinski definition) is 4. The Labute approximate surface area is 159 Å². The van der Waals surface area contributed by atoms with E-state index in [9.17, 15) is 4.79 Å². The highest BCUT2D eigenvalue weighted by atomic mass is 35.5. The van der Waals surface area contributed by atoms with Gasteiger partial charge in [-0.25, -0.2) is 0 Å². The van der Waals surface area contributed by atoms with Gasteiger partial charge in [-0.2, -0.15) is 0 Å². The third-order valence-corrected chi connectivity index (χ3v) is 4.71. The fourth-order valence-corrected chi connectivity index (χ4v) is 3.20. The van der Waals surface area contributed by atoms with Crippen molar-refractivity contribution in [1.29, 1.82) is 0 Å². The Morgan fingerprint density at radius 1 is 1.19 bits per heavy atom. The van der Waals surface area contributed by atoms with Crippen molar-refractivity contribution >= 4 is 23.2 Å². The van der Waals surface area contributed by atoms with E-state index in [1.54, 1.807) is 37.3 Å². The van der Waals surface area contributed by atoms with Gasteiger partial charge in [0.1, 0.15) is 5.75 Å². The van der Waals surface area contributed by atoms with Gasteiger partial charge >= 0.3 is 0 Å². The van der Waals surface area contributed by atoms with Crippen LogP contribution in [0.3, 0.4) is 0 Å². The molecule has 1 aliphatic heterocycles. The molecule has 1 saturated heterocycles. The number of carbonyl (C=O) groups is 1. The SMILES string of the molecule is COc1ccc(Cl)cc1C(=O)N(C)Cc1ccc(N2CCOCC2)cc1. The standard InChI is InChI=1S/C20H23ClN2O3/c1-22(20(24)18-13-16(21)5-8-19(18)25-2)14-15-3-6-17(7-4-15)23-9-11-26-12-10-23/h3-8,13H,9-12,14H2,1-2H3. The van der Waals surface area contributed by atoms with Gasteiger partial charge in [0.2, 0.25) is 0 Å². The average Bonchev–Trinajstić information content (AvgIpc) is 2.68. The van der Waals surface area contributed by atoms with Crippen molar-refractivity contribution < 1.29 is 14.3 Å². The van der Waals surface area contributed by atoms with E-state index >= 15 is 0 Å². The number of anilines is 1. The van der Waals surface area contributed by atoms with Crippen molar-refractivity contribution in [2.75, 3.05) is 45.4 Å². The molecule has 3 rings (SSSR count). The summed E-state index contributed by atoms with van der Waals surface area (Å²) in [5, 5.41) is 0.511. The van der Waals surface area contributed by atoms with Crippen LogP contribution in [-0.2, 0) is 11.3 Å². The highest BCUT2D eigenvalue weighted by Gasteiger charge is 2.18. The van der Waals surface area contributed by atoms with Crippen LogP contribution in [-0.4, -0.2) is 51.3 Å². The van der Waals surface area contributed by atoms with E-state index in [0.717, 1.165) is 31.9 Å². The first-order valence-corrected chi connectivity index (χ1v) is 8.97. The van der Waals surface area contributed by atoms with Crippen molar-refractivity contribution in [2.45, 2.75) is 6.54 Å². The quantitative estimate of drug-likeness (QED) is 0.803. The van der Waals surface area contributed by atoms with E-state index in [2.05, 4.69) is 29.2 Å². The van der Waals surface area contributed by atoms with E-state index in [4.69, 9.17) is 21.1 Å². The number of morpholine rings is 1. The zero-order valence-electron chi connectivity index (χ0n) is 15.1. The summed E-state index contributed by atoms with van der Waals surface area (Å²) >= 11 is 6.03. The first-order chi connectivity index (χ1) is 12.6. The summed E-state index contributed by atoms with van der Waals surface area (Å²) in [6.45, 7) is 3.86. The second-order valence-electron chi connectivity index (χ2n) is 6.27. The second-order valence-corrected chi connectivity index (χ2v) is 6.71. The predicted molar refractivity (Wildman–Crippen MR) is 103 cm³/mol. The minimum atomic E-state index is -0.124. The van der Waals surface area contributed by atoms with Gasteiger partial charge < -0.3 is 19.3 Å². The summed E-state index contributed by atoms with van der Waals surface area (Å²) < 4.78 is 10.7. The number of rotatable bonds is 5. The van der Waals surface area contributed by atoms with E-state index in [1.165, 1.54) is 5.69 Å². The summed E-state index contributed by atoms with van der Waals surface area (Å²) in [4.78, 5) is 16.7. The van der Waals surface area contributed by atoms with Crippen LogP contribution in [0.15, 0.2) is 42.5 Å². The number of methoxy groups -OCH3 is 1. The molecule has 0 N–H and O–H groups in total. The van der Waals surface area contributed by atoms with Crippen LogP contribution in [0, 0.1) is 0 Å². The van der Waals surface area contributed by atoms with Gasteiger partial charge in [-0.3, -0.25) is 4.79 Å². The lowest BCUT2D eigenvalue weighted by Crippen LogP contribution is -2.36. The highest BCUT2D eigenvalue weighted by Crippen LogP contribution is 2.24. The highest BCUT2D eigenvalue weighted by molar-refractivity contribution is 6.31. The number of benzene rings is 2. The van der Waals surface area contributed by atoms with Crippen LogP contribution >= 0.6 is 11.6 Å². The molecule has 0 unspecified atom stereocenters. The molecule has 1 fully saturated rings. The van der Waals surface area contributed by atoms with Crippen molar-refractivity contribution in [3.05, 3.63) is 58.6 Å². The Bertz CT molecular complexity index is 758. The molecule has 1 heterocycles. The first-order valence-electron chi connectivity index (χ1n) is 8.59. The maximum atomic E-state index is 12.8. The molecule has 138 valence electrons. The van der Waals surface area contributed by atoms with Crippen molar-refractivity contribution in [2.24, 2.45) is 0 Å². The monoisotopic (exact) mass is 374 g/mol. The minimum absolute atomic E-state index is 0.124. The van der Waals surface area contributed by atoms with Gasteiger partial charge in [0.15, 0.2) is 0 Å². The van der Waals surface area contributed by atoms with Crippen LogP contribution in [0.25, 0.3) is 0 Å². The minimum Gasteiger partial charge on any atom is -0.496 e. The molecule has 5 nitrogen and oxygen atoms in total. The Hall–Kier alpha value is -2.24. The van der Waals surface area contributed by atoms with Gasteiger partial charge in [0.05, 0.1) is 25.9 Å². The molecule has 2 aromatic carbocycles. The summed E-state index contributed by atoms with van der Waals surface area (Å²) in [6.07, 6.45) is 0. The number of carbonyl (C=O) groups excluding carboxylic acids is 1. The van der Waals surface area contributed by atoms with Crippen LogP contribution in [0.5, 0.6) is 5.75 Å². The maximum Gasteiger partial charge on any atom is 0.257 e. The number of amides is 1. The van der Waals surface area contributed by atoms with E-state index in [1.807, 2.05) is 0 Å². The van der Waals surface area contributed by atoms with E-state index in [-0.39, 0.29) is 5.91 Å². The van der Waals surface area contributed by atoms with Crippen molar-refractivity contribution in [1.82, 2.24) is 4.90 Å². The maximum absolute atomic E-state index is 12.8. The topological polar surface area (TPSA) is 42.0 Å². The summed E-state index contributed by atoms with van der Waals surface area (Å²) in [5.74, 6) is 0.399. The summed E-state index contributed by atoms with van der Waals surface area (Å²) in [5.41, 5.74) is 2.72. The number of nitrogens with zero attached hydrogens (tertiary/aromatic N) is 2. The zero-order valence-corrected chi connectivity index (χ0v) is 15.8. The summed E-state index contributed by atoms with van der Waals surface area (Å²) in [7, 11) is 3.32. The molecular weight excluding hydrogens is 352 g/mol. The molecule has 2 aromatic rings. The molecule has 26 heavy (non-hydrogen) atoms. The van der Waals surface area contributed by atoms with E-state index in [0.29, 0.717) is 22.9 Å². The fourth-order valence-electron chi connectivity index (χ4n) is 3.03. The largest absolute Gasteiger partial charge is 0.496 e. The molecule has 6 heteroatoms. The third-order valence-electron chi connectivity index (χ3n) is 4.47. The van der Waals surface area contributed by atoms with Crippen LogP contribution < -0.4 is 9.64 Å². The van der Waals surface area contributed by atoms with Gasteiger partial charge in [-0.15, -0.1) is 0 Å². The smallest absolute Gasteiger partial charge is 0.257 e. The molecule has 0 bridgehead atoms. The van der Waals surface area contributed by atoms with Crippen molar-refractivity contribution in [3.63, 3.8) is 0 Å². The van der Waals surface area contributed by atoms with Gasteiger partial charge in [-0.05, 0) is 35.9 Å².